The quantitative estimate of drug-likeness (QED) is 0.769. The number of thioether (sulfide) groups is 1. The maximum absolute atomic E-state index is 12.2. The van der Waals surface area contributed by atoms with Crippen LogP contribution in [0.15, 0.2) is 36.7 Å². The van der Waals surface area contributed by atoms with E-state index in [1.54, 1.807) is 18.5 Å². The number of hydrogen-bond acceptors (Lipinski definition) is 6. The van der Waals surface area contributed by atoms with Crippen LogP contribution < -0.4 is 4.74 Å². The number of nitrogens with one attached hydrogen (secondary N) is 1. The first-order valence-corrected chi connectivity index (χ1v) is 9.47. The second-order valence-electron chi connectivity index (χ2n) is 6.54. The van der Waals surface area contributed by atoms with Crippen molar-refractivity contribution in [1.82, 2.24) is 20.1 Å². The SMILES string of the molecule is O=C(O)C(F)(F)F.O=C(c1ccn[nH]1)N1CC2(CC(Oc3ccccn3)CS2)C1. The van der Waals surface area contributed by atoms with Crippen LogP contribution >= 0.6 is 11.8 Å². The fourth-order valence-electron chi connectivity index (χ4n) is 3.02. The lowest BCUT2D eigenvalue weighted by Crippen LogP contribution is -2.60. The maximum atomic E-state index is 12.2. The van der Waals surface area contributed by atoms with Gasteiger partial charge in [-0.25, -0.2) is 9.78 Å². The number of aromatic nitrogens is 3. The van der Waals surface area contributed by atoms with E-state index in [0.29, 0.717) is 11.6 Å². The minimum Gasteiger partial charge on any atom is -0.475 e. The molecule has 4 heterocycles. The molecule has 1 unspecified atom stereocenters. The van der Waals surface area contributed by atoms with Crippen LogP contribution in [-0.2, 0) is 4.79 Å². The minimum absolute atomic E-state index is 0.0258. The predicted molar refractivity (Wildman–Crippen MR) is 96.6 cm³/mol. The van der Waals surface area contributed by atoms with E-state index in [0.717, 1.165) is 25.3 Å². The number of hydrogen-bond donors (Lipinski definition) is 2. The topological polar surface area (TPSA) is 108 Å². The first kappa shape index (κ1) is 21.0. The lowest BCUT2D eigenvalue weighted by molar-refractivity contribution is -0.192. The molecule has 2 aromatic rings. The van der Waals surface area contributed by atoms with Crippen LogP contribution in [0, 0.1) is 0 Å². The molecule has 29 heavy (non-hydrogen) atoms. The number of ether oxygens (including phenoxy) is 1. The summed E-state index contributed by atoms with van der Waals surface area (Å²) in [5, 5.41) is 13.7. The second-order valence-corrected chi connectivity index (χ2v) is 8.03. The summed E-state index contributed by atoms with van der Waals surface area (Å²) in [6.07, 6.45) is -0.615. The van der Waals surface area contributed by atoms with Gasteiger partial charge in [-0.15, -0.1) is 11.8 Å². The van der Waals surface area contributed by atoms with Crippen LogP contribution in [0.25, 0.3) is 0 Å². The van der Waals surface area contributed by atoms with Gasteiger partial charge in [0.2, 0.25) is 5.88 Å². The predicted octanol–water partition coefficient (Wildman–Crippen LogP) is 2.22. The number of aromatic amines is 1. The molecule has 2 aliphatic rings. The van der Waals surface area contributed by atoms with Gasteiger partial charge >= 0.3 is 12.1 Å². The Morgan fingerprint density at radius 1 is 1.28 bits per heavy atom. The molecule has 0 aromatic carbocycles. The van der Waals surface area contributed by atoms with Crippen LogP contribution in [0.1, 0.15) is 16.9 Å². The lowest BCUT2D eigenvalue weighted by Gasteiger charge is -2.47. The third-order valence-electron chi connectivity index (χ3n) is 4.32. The molecule has 156 valence electrons. The van der Waals surface area contributed by atoms with Gasteiger partial charge in [-0.3, -0.25) is 9.89 Å². The summed E-state index contributed by atoms with van der Waals surface area (Å²) in [6, 6.07) is 7.39. The van der Waals surface area contributed by atoms with Gasteiger partial charge in [0.05, 0.1) is 4.75 Å². The van der Waals surface area contributed by atoms with E-state index < -0.39 is 12.1 Å². The number of amides is 1. The van der Waals surface area contributed by atoms with Crippen LogP contribution in [0.3, 0.4) is 0 Å². The standard InChI is InChI=1S/C15H16N4O2S.C2HF3O2/c20-14(12-4-6-17-18-12)19-9-15(10-19)7-11(8-22-15)21-13-3-1-2-5-16-13;3-2(4,5)1(6)7/h1-6,11H,7-10H2,(H,17,18);(H,6,7). The highest BCUT2D eigenvalue weighted by Gasteiger charge is 2.51. The van der Waals surface area contributed by atoms with Crippen molar-refractivity contribution < 1.29 is 32.6 Å². The average Bonchev–Trinajstić information content (AvgIpc) is 3.31. The number of halogens is 3. The summed E-state index contributed by atoms with van der Waals surface area (Å²) in [5.41, 5.74) is 0.555. The lowest BCUT2D eigenvalue weighted by atomic mass is 9.92. The summed E-state index contributed by atoms with van der Waals surface area (Å²) in [7, 11) is 0. The highest BCUT2D eigenvalue weighted by molar-refractivity contribution is 8.01. The number of rotatable bonds is 3. The van der Waals surface area contributed by atoms with Crippen LogP contribution in [-0.4, -0.2) is 72.9 Å². The van der Waals surface area contributed by atoms with E-state index in [2.05, 4.69) is 15.2 Å². The summed E-state index contributed by atoms with van der Waals surface area (Å²) in [5.74, 6) is -1.11. The molecule has 2 N–H and O–H groups in total. The van der Waals surface area contributed by atoms with Gasteiger partial charge in [0.1, 0.15) is 11.8 Å². The van der Waals surface area contributed by atoms with Crippen molar-refractivity contribution in [3.8, 4) is 5.88 Å². The number of aliphatic carboxylic acids is 1. The number of carboxylic acids is 1. The molecule has 1 atom stereocenters. The molecule has 4 rings (SSSR count). The largest absolute Gasteiger partial charge is 0.490 e. The fraction of sp³-hybridized carbons (Fsp3) is 0.412. The number of likely N-dealkylation sites (tertiary alicyclic amines) is 1. The van der Waals surface area contributed by atoms with E-state index in [1.165, 1.54) is 0 Å². The molecular weight excluding hydrogens is 413 g/mol. The van der Waals surface area contributed by atoms with Gasteiger partial charge in [0, 0.05) is 43.7 Å². The van der Waals surface area contributed by atoms with Gasteiger partial charge in [-0.05, 0) is 12.1 Å². The van der Waals surface area contributed by atoms with Gasteiger partial charge in [-0.2, -0.15) is 18.3 Å². The third-order valence-corrected chi connectivity index (χ3v) is 5.89. The Balaban J connectivity index is 0.000000298. The zero-order valence-electron chi connectivity index (χ0n) is 14.9. The highest BCUT2D eigenvalue weighted by Crippen LogP contribution is 2.46. The number of nitrogens with zero attached hydrogens (tertiary/aromatic N) is 3. The Kier molecular flexibility index (Phi) is 6.01. The number of carbonyl (C=O) groups excluding carboxylic acids is 1. The molecule has 0 aliphatic carbocycles. The van der Waals surface area contributed by atoms with Crippen molar-refractivity contribution in [2.24, 2.45) is 0 Å². The normalized spacial score (nSPS) is 19.8. The van der Waals surface area contributed by atoms with E-state index in [-0.39, 0.29) is 16.8 Å². The highest BCUT2D eigenvalue weighted by atomic mass is 32.2. The number of carbonyl (C=O) groups is 2. The monoisotopic (exact) mass is 430 g/mol. The molecule has 12 heteroatoms. The van der Waals surface area contributed by atoms with Crippen LogP contribution in [0.2, 0.25) is 0 Å². The zero-order chi connectivity index (χ0) is 21.1. The Morgan fingerprint density at radius 3 is 2.55 bits per heavy atom. The summed E-state index contributed by atoms with van der Waals surface area (Å²) >= 11 is 1.90. The Morgan fingerprint density at radius 2 is 2.00 bits per heavy atom. The minimum atomic E-state index is -5.08. The van der Waals surface area contributed by atoms with Crippen molar-refractivity contribution in [2.75, 3.05) is 18.8 Å². The number of carboxylic acid groups (broad SMARTS) is 1. The number of alkyl halides is 3. The molecule has 0 bridgehead atoms. The van der Waals surface area contributed by atoms with E-state index in [9.17, 15) is 18.0 Å². The van der Waals surface area contributed by atoms with E-state index in [4.69, 9.17) is 14.6 Å². The van der Waals surface area contributed by atoms with Gasteiger partial charge in [0.15, 0.2) is 0 Å². The average molecular weight is 430 g/mol. The Bertz CT molecular complexity index is 842. The molecule has 2 fully saturated rings. The van der Waals surface area contributed by atoms with Crippen molar-refractivity contribution in [1.29, 1.82) is 0 Å². The van der Waals surface area contributed by atoms with Crippen molar-refractivity contribution in [3.05, 3.63) is 42.4 Å². The third kappa shape index (κ3) is 5.19. The Hall–Kier alpha value is -2.76. The molecule has 0 saturated carbocycles. The summed E-state index contributed by atoms with van der Waals surface area (Å²) in [6.45, 7) is 1.55. The number of H-pyrrole nitrogens is 1. The maximum Gasteiger partial charge on any atom is 0.490 e. The Labute approximate surface area is 167 Å². The molecule has 1 amide bonds. The van der Waals surface area contributed by atoms with Crippen LogP contribution in [0.5, 0.6) is 5.88 Å². The first-order valence-electron chi connectivity index (χ1n) is 8.49. The van der Waals surface area contributed by atoms with Crippen molar-refractivity contribution >= 4 is 23.6 Å². The van der Waals surface area contributed by atoms with E-state index >= 15 is 0 Å². The van der Waals surface area contributed by atoms with Gasteiger partial charge in [-0.1, -0.05) is 6.07 Å². The summed E-state index contributed by atoms with van der Waals surface area (Å²) in [4.78, 5) is 27.2. The smallest absolute Gasteiger partial charge is 0.475 e. The zero-order valence-corrected chi connectivity index (χ0v) is 15.7. The molecule has 0 radical (unpaired) electrons. The molecule has 2 aromatic heterocycles. The van der Waals surface area contributed by atoms with Crippen LogP contribution in [0.4, 0.5) is 13.2 Å². The molecule has 8 nitrogen and oxygen atoms in total. The molecule has 1 spiro atoms. The molecular formula is C17H17F3N4O4S. The first-order chi connectivity index (χ1) is 13.7. The van der Waals surface area contributed by atoms with Crippen molar-refractivity contribution in [3.63, 3.8) is 0 Å². The molecule has 2 saturated heterocycles. The second kappa shape index (κ2) is 8.31. The fourth-order valence-corrected chi connectivity index (χ4v) is 4.55. The molecule has 2 aliphatic heterocycles. The van der Waals surface area contributed by atoms with Gasteiger partial charge in [0.25, 0.3) is 5.91 Å². The number of pyridine rings is 1. The van der Waals surface area contributed by atoms with Gasteiger partial charge < -0.3 is 14.7 Å². The summed E-state index contributed by atoms with van der Waals surface area (Å²) < 4.78 is 37.8. The van der Waals surface area contributed by atoms with Crippen molar-refractivity contribution in [2.45, 2.75) is 23.4 Å². The van der Waals surface area contributed by atoms with E-state index in [1.807, 2.05) is 34.9 Å².